The van der Waals surface area contributed by atoms with Crippen molar-refractivity contribution in [2.24, 2.45) is 0 Å². The second-order valence-corrected chi connectivity index (χ2v) is 11.3. The lowest BCUT2D eigenvalue weighted by atomic mass is 10.0. The number of aromatic nitrogens is 1. The SMILES string of the molecule is COc1ccc2nc(NC(=O)COC(=O)c3cccc(S(=O)(=O)N4CCc5ccccc5C4)c3)sc2c1. The third kappa shape index (κ3) is 5.33. The number of hydrogen-bond donors (Lipinski definition) is 1. The van der Waals surface area contributed by atoms with Gasteiger partial charge in [0.25, 0.3) is 5.91 Å². The van der Waals surface area contributed by atoms with Crippen LogP contribution in [0.3, 0.4) is 0 Å². The van der Waals surface area contributed by atoms with Gasteiger partial charge in [-0.1, -0.05) is 41.7 Å². The van der Waals surface area contributed by atoms with E-state index in [1.165, 1.54) is 39.9 Å². The Morgan fingerprint density at radius 2 is 1.86 bits per heavy atom. The lowest BCUT2D eigenvalue weighted by Gasteiger charge is -2.28. The van der Waals surface area contributed by atoms with Crippen LogP contribution in [0.2, 0.25) is 0 Å². The Hall–Kier alpha value is -3.80. The number of rotatable bonds is 7. The molecule has 11 heteroatoms. The minimum absolute atomic E-state index is 0.00399. The number of nitrogens with zero attached hydrogens (tertiary/aromatic N) is 2. The first-order valence-corrected chi connectivity index (χ1v) is 13.7. The first kappa shape index (κ1) is 24.9. The van der Waals surface area contributed by atoms with E-state index in [0.717, 1.165) is 15.8 Å². The molecular formula is C26H23N3O6S2. The van der Waals surface area contributed by atoms with Crippen molar-refractivity contribution in [1.82, 2.24) is 9.29 Å². The lowest BCUT2D eigenvalue weighted by molar-refractivity contribution is -0.119. The van der Waals surface area contributed by atoms with Gasteiger partial charge in [0.15, 0.2) is 11.7 Å². The number of fused-ring (bicyclic) bond motifs is 2. The molecule has 5 rings (SSSR count). The van der Waals surface area contributed by atoms with E-state index in [1.807, 2.05) is 30.3 Å². The van der Waals surface area contributed by atoms with Crippen LogP contribution in [-0.4, -0.2) is 49.8 Å². The summed E-state index contributed by atoms with van der Waals surface area (Å²) in [7, 11) is -2.25. The minimum atomic E-state index is -3.82. The molecule has 190 valence electrons. The summed E-state index contributed by atoms with van der Waals surface area (Å²) in [5, 5.41) is 2.97. The molecule has 2 heterocycles. The first-order valence-electron chi connectivity index (χ1n) is 11.4. The Balaban J connectivity index is 1.22. The molecular weight excluding hydrogens is 514 g/mol. The summed E-state index contributed by atoms with van der Waals surface area (Å²) >= 11 is 1.26. The van der Waals surface area contributed by atoms with Gasteiger partial charge in [-0.15, -0.1) is 0 Å². The van der Waals surface area contributed by atoms with Crippen LogP contribution in [0.4, 0.5) is 5.13 Å². The Bertz CT molecular complexity index is 1600. The smallest absolute Gasteiger partial charge is 0.338 e. The number of sulfonamides is 1. The number of thiazole rings is 1. The van der Waals surface area contributed by atoms with Crippen molar-refractivity contribution in [3.63, 3.8) is 0 Å². The second kappa shape index (κ2) is 10.3. The van der Waals surface area contributed by atoms with Gasteiger partial charge in [0.2, 0.25) is 10.0 Å². The largest absolute Gasteiger partial charge is 0.497 e. The summed E-state index contributed by atoms with van der Waals surface area (Å²) in [6.07, 6.45) is 0.619. The van der Waals surface area contributed by atoms with Gasteiger partial charge in [-0.3, -0.25) is 10.1 Å². The molecule has 1 amide bonds. The Labute approximate surface area is 217 Å². The molecule has 0 bridgehead atoms. The molecule has 4 aromatic rings. The Kier molecular flexibility index (Phi) is 6.92. The second-order valence-electron chi connectivity index (χ2n) is 8.36. The monoisotopic (exact) mass is 537 g/mol. The summed E-state index contributed by atoms with van der Waals surface area (Å²) in [6.45, 7) is 0.0800. The maximum absolute atomic E-state index is 13.3. The highest BCUT2D eigenvalue weighted by Crippen LogP contribution is 2.29. The van der Waals surface area contributed by atoms with E-state index in [2.05, 4.69) is 10.3 Å². The third-order valence-corrected chi connectivity index (χ3v) is 8.75. The maximum Gasteiger partial charge on any atom is 0.338 e. The molecule has 0 spiro atoms. The Morgan fingerprint density at radius 3 is 2.68 bits per heavy atom. The number of ether oxygens (including phenoxy) is 2. The van der Waals surface area contributed by atoms with Crippen molar-refractivity contribution in [1.29, 1.82) is 0 Å². The molecule has 0 atom stereocenters. The molecule has 0 fully saturated rings. The van der Waals surface area contributed by atoms with Crippen molar-refractivity contribution in [2.75, 3.05) is 25.6 Å². The highest BCUT2D eigenvalue weighted by molar-refractivity contribution is 7.89. The molecule has 1 aliphatic rings. The number of benzene rings is 3. The van der Waals surface area contributed by atoms with E-state index in [-0.39, 0.29) is 17.0 Å². The van der Waals surface area contributed by atoms with Crippen LogP contribution < -0.4 is 10.1 Å². The van der Waals surface area contributed by atoms with E-state index in [1.54, 1.807) is 19.2 Å². The number of anilines is 1. The van der Waals surface area contributed by atoms with E-state index in [9.17, 15) is 18.0 Å². The van der Waals surface area contributed by atoms with E-state index >= 15 is 0 Å². The predicted molar refractivity (Wildman–Crippen MR) is 139 cm³/mol. The zero-order valence-electron chi connectivity index (χ0n) is 19.8. The molecule has 1 aliphatic heterocycles. The molecule has 9 nitrogen and oxygen atoms in total. The van der Waals surface area contributed by atoms with Crippen LogP contribution in [-0.2, 0) is 32.5 Å². The average Bonchev–Trinajstić information content (AvgIpc) is 3.32. The van der Waals surface area contributed by atoms with Crippen LogP contribution in [0.15, 0.2) is 71.6 Å². The molecule has 0 aliphatic carbocycles. The summed E-state index contributed by atoms with van der Waals surface area (Å²) in [6, 6.07) is 18.8. The topological polar surface area (TPSA) is 115 Å². The number of carbonyl (C=O) groups excluding carboxylic acids is 2. The summed E-state index contributed by atoms with van der Waals surface area (Å²) in [5.41, 5.74) is 2.84. The van der Waals surface area contributed by atoms with E-state index in [4.69, 9.17) is 9.47 Å². The zero-order chi connectivity index (χ0) is 26.0. The normalized spacial score (nSPS) is 13.6. The van der Waals surface area contributed by atoms with Crippen LogP contribution in [0.1, 0.15) is 21.5 Å². The van der Waals surface area contributed by atoms with E-state index in [0.29, 0.717) is 29.4 Å². The highest BCUT2D eigenvalue weighted by atomic mass is 32.2. The number of esters is 1. The number of hydrogen-bond acceptors (Lipinski definition) is 8. The fourth-order valence-corrected chi connectivity index (χ4v) is 6.44. The number of carbonyl (C=O) groups is 2. The first-order chi connectivity index (χ1) is 17.8. The Morgan fingerprint density at radius 1 is 1.05 bits per heavy atom. The minimum Gasteiger partial charge on any atom is -0.497 e. The van der Waals surface area contributed by atoms with Crippen molar-refractivity contribution in [3.05, 3.63) is 83.4 Å². The third-order valence-electron chi connectivity index (χ3n) is 5.98. The van der Waals surface area contributed by atoms with Gasteiger partial charge >= 0.3 is 5.97 Å². The van der Waals surface area contributed by atoms with Crippen LogP contribution in [0, 0.1) is 0 Å². The molecule has 1 N–H and O–H groups in total. The van der Waals surface area contributed by atoms with Gasteiger partial charge in [0, 0.05) is 13.1 Å². The van der Waals surface area contributed by atoms with Gasteiger partial charge < -0.3 is 9.47 Å². The maximum atomic E-state index is 13.3. The van der Waals surface area contributed by atoms with Gasteiger partial charge in [0.05, 0.1) is 27.8 Å². The average molecular weight is 538 g/mol. The highest BCUT2D eigenvalue weighted by Gasteiger charge is 2.29. The predicted octanol–water partition coefficient (Wildman–Crippen LogP) is 3.85. The van der Waals surface area contributed by atoms with Gasteiger partial charge in [-0.25, -0.2) is 18.2 Å². The quantitative estimate of drug-likeness (QED) is 0.356. The van der Waals surface area contributed by atoms with Gasteiger partial charge in [-0.2, -0.15) is 4.31 Å². The number of methoxy groups -OCH3 is 1. The standard InChI is InChI=1S/C26H23N3O6S2/c1-34-20-9-10-22-23(14-20)36-26(27-22)28-24(30)16-35-25(31)18-7-4-8-21(13-18)37(32,33)29-12-11-17-5-2-3-6-19(17)15-29/h2-10,13-14H,11-12,15-16H2,1H3,(H,27,28,30). The van der Waals surface area contributed by atoms with Gasteiger partial charge in [0.1, 0.15) is 5.75 Å². The van der Waals surface area contributed by atoms with Crippen LogP contribution >= 0.6 is 11.3 Å². The lowest BCUT2D eigenvalue weighted by Crippen LogP contribution is -2.36. The molecule has 0 unspecified atom stereocenters. The fraction of sp³-hybridized carbons (Fsp3) is 0.192. The number of nitrogens with one attached hydrogen (secondary N) is 1. The molecule has 37 heavy (non-hydrogen) atoms. The molecule has 0 radical (unpaired) electrons. The van der Waals surface area contributed by atoms with Crippen molar-refractivity contribution >= 4 is 48.6 Å². The van der Waals surface area contributed by atoms with Crippen molar-refractivity contribution in [3.8, 4) is 5.75 Å². The summed E-state index contributed by atoms with van der Waals surface area (Å²) in [5.74, 6) is -0.683. The molecule has 0 saturated heterocycles. The summed E-state index contributed by atoms with van der Waals surface area (Å²) < 4.78 is 39.1. The van der Waals surface area contributed by atoms with Crippen LogP contribution in [0.25, 0.3) is 10.2 Å². The van der Waals surface area contributed by atoms with Crippen LogP contribution in [0.5, 0.6) is 5.75 Å². The number of amides is 1. The zero-order valence-corrected chi connectivity index (χ0v) is 21.5. The fourth-order valence-electron chi connectivity index (χ4n) is 4.06. The van der Waals surface area contributed by atoms with E-state index < -0.39 is 28.5 Å². The molecule has 0 saturated carbocycles. The van der Waals surface area contributed by atoms with Crippen molar-refractivity contribution < 1.29 is 27.5 Å². The van der Waals surface area contributed by atoms with Crippen molar-refractivity contribution in [2.45, 2.75) is 17.9 Å². The molecule has 3 aromatic carbocycles. The molecule has 1 aromatic heterocycles. The summed E-state index contributed by atoms with van der Waals surface area (Å²) in [4.78, 5) is 29.3. The van der Waals surface area contributed by atoms with Gasteiger partial charge in [-0.05, 0) is 53.9 Å².